The first kappa shape index (κ1) is 74.7. The minimum atomic E-state index is -2.20. The normalized spacial score (nSPS) is 55.8. The molecule has 0 bridgehead atoms. The number of carboxylic acids is 1. The molecule has 96 heavy (non-hydrogen) atoms. The predicted molar refractivity (Wildman–Crippen MR) is 313 cm³/mol. The van der Waals surface area contributed by atoms with Crippen LogP contribution in [0.15, 0.2) is 11.6 Å². The van der Waals surface area contributed by atoms with E-state index in [0.717, 1.165) is 5.57 Å². The number of allylic oxidation sites excluding steroid dienone is 2. The van der Waals surface area contributed by atoms with Gasteiger partial charge >= 0.3 is 11.9 Å². The number of aliphatic hydroxyl groups excluding tert-OH is 17. The Morgan fingerprint density at radius 1 is 0.542 bits per heavy atom. The Morgan fingerprint density at radius 3 is 1.78 bits per heavy atom. The van der Waals surface area contributed by atoms with Gasteiger partial charge in [-0.15, -0.1) is 0 Å². The van der Waals surface area contributed by atoms with Crippen LogP contribution in [0, 0.1) is 50.2 Å². The third kappa shape index (κ3) is 12.1. The molecule has 0 aromatic rings. The molecule has 11 rings (SSSR count). The topological polar surface area (TPSA) is 529 Å². The highest BCUT2D eigenvalue weighted by Crippen LogP contribution is 2.76. The third-order valence-corrected chi connectivity index (χ3v) is 24.5. The number of aliphatic carboxylic acids is 1. The molecule has 5 aliphatic carbocycles. The maximum atomic E-state index is 15.6. The molecule has 11 aliphatic rings. The second-order valence-electron chi connectivity index (χ2n) is 31.0. The number of hydrogen-bond acceptors (Lipinski definition) is 32. The van der Waals surface area contributed by atoms with E-state index < -0.39 is 279 Å². The van der Waals surface area contributed by atoms with Gasteiger partial charge in [0.2, 0.25) is 6.29 Å². The number of carboxylic acid groups (broad SMARTS) is 1. The van der Waals surface area contributed by atoms with Crippen molar-refractivity contribution in [1.29, 1.82) is 0 Å². The Morgan fingerprint density at radius 2 is 1.14 bits per heavy atom. The predicted octanol–water partition coefficient (Wildman–Crippen LogP) is -6.44. The van der Waals surface area contributed by atoms with Crippen molar-refractivity contribution >= 4 is 11.9 Å². The smallest absolute Gasteiger partial charge is 0.335 e. The van der Waals surface area contributed by atoms with Crippen molar-refractivity contribution in [2.45, 2.75) is 284 Å². The highest BCUT2D eigenvalue weighted by atomic mass is 16.8. The van der Waals surface area contributed by atoms with Crippen molar-refractivity contribution < 1.29 is 163 Å². The fraction of sp³-hybridized carbons (Fsp3) is 0.937. The first-order chi connectivity index (χ1) is 44.8. The van der Waals surface area contributed by atoms with Crippen molar-refractivity contribution in [3.05, 3.63) is 11.6 Å². The monoisotopic (exact) mass is 1380 g/mol. The van der Waals surface area contributed by atoms with Crippen molar-refractivity contribution in [1.82, 2.24) is 0 Å². The standard InChI is InChI=1S/C63H100O33/c1-22-32(71)34(73)36(75)51(88-22)91-42-29(69)18-85-50(39(42)78)90-41-23(2)89-52(37(76)35(41)74)94-45-33(72)28(68)17-86-54(45)96-56(83)63-12-11-57(3,4)13-25(63)24-9-10-30-58(5)14-27(67)48(59(6,19-64)46(58)26(66)15-61(30,8)60(24,7)16-31(63)70)95-53-40(79)43(38(77)44(93-53)49(81)82)92-55-47(80)62(84,20-65)21-87-55/h9,22-23,25-48,50-55,64-80,84H,10-21H2,1-8H3,(H,81,82)/t22-,23-,25-,26+,27-,28-,29+,30+,31+,32-,33-,34+,35-,36+,37+,38-,39+,40+,41-,42-,43-,44-,45+,46+,47-,48-,50-,51-,52-,53-,54-,55-,58+,59-,60+,61+,62+,63+/m0/s1. The van der Waals surface area contributed by atoms with Crippen LogP contribution in [-0.2, 0) is 66.4 Å². The van der Waals surface area contributed by atoms with Gasteiger partial charge in [0.05, 0.1) is 69.7 Å². The van der Waals surface area contributed by atoms with E-state index in [1.807, 2.05) is 34.6 Å². The number of esters is 1. The lowest BCUT2D eigenvalue weighted by molar-refractivity contribution is -0.377. The molecule has 38 atom stereocenters. The van der Waals surface area contributed by atoms with Crippen molar-refractivity contribution in [2.75, 3.05) is 33.0 Å². The minimum absolute atomic E-state index is 0.0430. The summed E-state index contributed by atoms with van der Waals surface area (Å²) in [5.74, 6) is -4.73. The zero-order valence-electron chi connectivity index (χ0n) is 54.8. The molecule has 0 aromatic carbocycles. The summed E-state index contributed by atoms with van der Waals surface area (Å²) in [7, 11) is 0. The van der Waals surface area contributed by atoms with Crippen LogP contribution in [0.1, 0.15) is 100 Å². The molecule has 550 valence electrons. The summed E-state index contributed by atoms with van der Waals surface area (Å²) in [5, 5.41) is 213. The van der Waals surface area contributed by atoms with Crippen LogP contribution in [0.2, 0.25) is 0 Å². The molecule has 6 saturated heterocycles. The van der Waals surface area contributed by atoms with Crippen LogP contribution in [0.25, 0.3) is 0 Å². The molecule has 6 heterocycles. The van der Waals surface area contributed by atoms with Crippen molar-refractivity contribution in [2.24, 2.45) is 50.2 Å². The minimum Gasteiger partial charge on any atom is -0.479 e. The maximum Gasteiger partial charge on any atom is 0.335 e. The average Bonchev–Trinajstić information content (AvgIpc) is 0.739. The summed E-state index contributed by atoms with van der Waals surface area (Å²) in [4.78, 5) is 28.1. The lowest BCUT2D eigenvalue weighted by Crippen LogP contribution is -2.73. The van der Waals surface area contributed by atoms with Crippen molar-refractivity contribution in [3.8, 4) is 0 Å². The molecule has 6 aliphatic heterocycles. The van der Waals surface area contributed by atoms with Crippen LogP contribution in [0.5, 0.6) is 0 Å². The summed E-state index contributed by atoms with van der Waals surface area (Å²) >= 11 is 0. The van der Waals surface area contributed by atoms with Gasteiger partial charge in [-0.25, -0.2) is 4.79 Å². The molecule has 33 heteroatoms. The highest BCUT2D eigenvalue weighted by molar-refractivity contribution is 5.80. The van der Waals surface area contributed by atoms with E-state index in [1.54, 1.807) is 6.92 Å². The third-order valence-electron chi connectivity index (χ3n) is 24.5. The van der Waals surface area contributed by atoms with Gasteiger partial charge in [0.15, 0.2) is 43.7 Å². The summed E-state index contributed by atoms with van der Waals surface area (Å²) in [6, 6.07) is 0. The van der Waals surface area contributed by atoms with E-state index in [2.05, 4.69) is 6.08 Å². The van der Waals surface area contributed by atoms with Gasteiger partial charge in [-0.05, 0) is 92.3 Å². The van der Waals surface area contributed by atoms with Gasteiger partial charge in [-0.3, -0.25) is 4.79 Å². The van der Waals surface area contributed by atoms with Crippen LogP contribution < -0.4 is 0 Å². The van der Waals surface area contributed by atoms with E-state index >= 15 is 4.79 Å². The van der Waals surface area contributed by atoms with Gasteiger partial charge in [-0.1, -0.05) is 53.2 Å². The second kappa shape index (κ2) is 27.0. The number of hydrogen-bond donors (Lipinski definition) is 19. The first-order valence-electron chi connectivity index (χ1n) is 33.2. The second-order valence-corrected chi connectivity index (χ2v) is 31.0. The van der Waals surface area contributed by atoms with Gasteiger partial charge < -0.3 is 154 Å². The van der Waals surface area contributed by atoms with Crippen molar-refractivity contribution in [3.63, 3.8) is 0 Å². The average molecular weight is 1390 g/mol. The number of rotatable bonds is 15. The Bertz CT molecular complexity index is 2800. The molecular formula is C63H100O33. The Kier molecular flexibility index (Phi) is 21.0. The number of ether oxygens (including phenoxy) is 12. The summed E-state index contributed by atoms with van der Waals surface area (Å²) < 4.78 is 69.9. The molecule has 4 saturated carbocycles. The number of aliphatic hydroxyl groups is 18. The summed E-state index contributed by atoms with van der Waals surface area (Å²) in [5.41, 5.74) is -8.14. The largest absolute Gasteiger partial charge is 0.479 e. The van der Waals surface area contributed by atoms with E-state index in [0.29, 0.717) is 19.3 Å². The summed E-state index contributed by atoms with van der Waals surface area (Å²) in [6.07, 6.45) is -46.7. The molecular weight excluding hydrogens is 1280 g/mol. The first-order valence-corrected chi connectivity index (χ1v) is 33.2. The van der Waals surface area contributed by atoms with Gasteiger partial charge in [0.1, 0.15) is 103 Å². The van der Waals surface area contributed by atoms with E-state index in [1.165, 1.54) is 13.8 Å². The van der Waals surface area contributed by atoms with Crippen LogP contribution in [0.4, 0.5) is 0 Å². The Labute approximate surface area is 552 Å². The molecule has 0 unspecified atom stereocenters. The van der Waals surface area contributed by atoms with Gasteiger partial charge in [0.25, 0.3) is 0 Å². The molecule has 10 fully saturated rings. The lowest BCUT2D eigenvalue weighted by atomic mass is 9.32. The molecule has 0 spiro atoms. The van der Waals surface area contributed by atoms with E-state index in [9.17, 15) is 102 Å². The molecule has 19 N–H and O–H groups in total. The van der Waals surface area contributed by atoms with Crippen LogP contribution in [0.3, 0.4) is 0 Å². The van der Waals surface area contributed by atoms with Gasteiger partial charge in [-0.2, -0.15) is 0 Å². The molecule has 0 aromatic heterocycles. The fourth-order valence-electron chi connectivity index (χ4n) is 19.0. The highest BCUT2D eigenvalue weighted by Gasteiger charge is 2.75. The Balaban J connectivity index is 0.808. The maximum absolute atomic E-state index is 15.6. The summed E-state index contributed by atoms with van der Waals surface area (Å²) in [6.45, 7) is 10.9. The Hall–Kier alpha value is -2.48. The lowest BCUT2D eigenvalue weighted by Gasteiger charge is -2.73. The number of carbonyl (C=O) groups is 2. The molecule has 0 amide bonds. The zero-order valence-corrected chi connectivity index (χ0v) is 54.8. The van der Waals surface area contributed by atoms with Crippen LogP contribution in [-0.4, -0.2) is 326 Å². The SMILES string of the molecule is C[C@@H]1O[C@@H](O[C@@H]2[C@@H](O)[C@H](O[C@@H]3[C@@H](O)[C@@H](O)[C@H](O[C@H]4[C@H](OC(=O)[C@]56CCC(C)(C)C[C@H]5C5=CC[C@@H]7[C@@]8(C)C[C@H](O)[C@H](O[C@@H]9O[C@H](C(=O)O)[C@@H](O)[C@H](O[C@@H]%10OC[C@](O)(CO)[C@H]%10O)[C@H]9O)[C@@](C)(CO)[C@@H]8[C@H](O)C[C@@]7(C)[C@]5(C)C[C@H]6O)OC[C@H](O)[C@@H]4O)O[C@H]3C)OC[C@H]2O)[C@H](O)[C@H](O)[C@H]1O. The molecule has 0 radical (unpaired) electrons. The number of fused-ring (bicyclic) bond motifs is 7. The van der Waals surface area contributed by atoms with Crippen LogP contribution >= 0.6 is 0 Å². The zero-order chi connectivity index (χ0) is 70.4. The quantitative estimate of drug-likeness (QED) is 0.0412. The van der Waals surface area contributed by atoms with E-state index in [4.69, 9.17) is 56.8 Å². The van der Waals surface area contributed by atoms with E-state index in [-0.39, 0.29) is 25.7 Å². The molecule has 33 nitrogen and oxygen atoms in total. The van der Waals surface area contributed by atoms with Gasteiger partial charge in [0, 0.05) is 11.3 Å². The fourth-order valence-corrected chi connectivity index (χ4v) is 19.0. The number of carbonyl (C=O) groups excluding carboxylic acids is 1.